The molecule has 3 rings (SSSR count). The van der Waals surface area contributed by atoms with Crippen molar-refractivity contribution in [2.75, 3.05) is 18.1 Å². The van der Waals surface area contributed by atoms with Crippen molar-refractivity contribution in [1.29, 1.82) is 0 Å². The van der Waals surface area contributed by atoms with Gasteiger partial charge in [0.1, 0.15) is 0 Å². The molecule has 1 aliphatic carbocycles. The summed E-state index contributed by atoms with van der Waals surface area (Å²) in [4.78, 5) is 4.45. The molecule has 0 spiro atoms. The minimum atomic E-state index is -3.15. The molecule has 1 fully saturated rings. The molecule has 0 saturated heterocycles. The molecular formula is C17H23N3O2S. The Morgan fingerprint density at radius 1 is 1.26 bits per heavy atom. The summed E-state index contributed by atoms with van der Waals surface area (Å²) in [7, 11) is -3.15. The fraction of sp³-hybridized carbons (Fsp3) is 0.471. The van der Waals surface area contributed by atoms with Crippen LogP contribution in [0, 0.1) is 12.8 Å². The third-order valence-corrected chi connectivity index (χ3v) is 5.28. The highest BCUT2D eigenvalue weighted by atomic mass is 32.2. The molecule has 2 atom stereocenters. The second-order valence-corrected chi connectivity index (χ2v) is 8.18. The summed E-state index contributed by atoms with van der Waals surface area (Å²) in [5, 5.41) is 4.61. The van der Waals surface area contributed by atoms with Gasteiger partial charge in [0.05, 0.1) is 11.8 Å². The summed E-state index contributed by atoms with van der Waals surface area (Å²) in [6.07, 6.45) is 6.07. The predicted molar refractivity (Wildman–Crippen MR) is 94.1 cm³/mol. The summed E-state index contributed by atoms with van der Waals surface area (Å²) < 4.78 is 25.7. The number of fused-ring (bicyclic) bond motifs is 1. The van der Waals surface area contributed by atoms with Crippen LogP contribution in [0.2, 0.25) is 0 Å². The van der Waals surface area contributed by atoms with Crippen LogP contribution in [0.3, 0.4) is 0 Å². The van der Waals surface area contributed by atoms with E-state index in [0.29, 0.717) is 5.92 Å². The van der Waals surface area contributed by atoms with E-state index < -0.39 is 10.0 Å². The Balaban J connectivity index is 1.75. The predicted octanol–water partition coefficient (Wildman–Crippen LogP) is 2.67. The van der Waals surface area contributed by atoms with Crippen LogP contribution in [0.15, 0.2) is 30.5 Å². The number of rotatable bonds is 5. The zero-order valence-electron chi connectivity index (χ0n) is 13.5. The van der Waals surface area contributed by atoms with Crippen molar-refractivity contribution in [2.45, 2.75) is 32.2 Å². The van der Waals surface area contributed by atoms with E-state index in [4.69, 9.17) is 0 Å². The minimum absolute atomic E-state index is 0.0346. The fourth-order valence-electron chi connectivity index (χ4n) is 3.43. The number of hydrogen-bond acceptors (Lipinski definition) is 4. The molecule has 0 bridgehead atoms. The van der Waals surface area contributed by atoms with Crippen LogP contribution in [0.25, 0.3) is 10.9 Å². The number of pyridine rings is 1. The van der Waals surface area contributed by atoms with Gasteiger partial charge in [0.15, 0.2) is 0 Å². The van der Waals surface area contributed by atoms with Crippen molar-refractivity contribution in [3.8, 4) is 0 Å². The van der Waals surface area contributed by atoms with Crippen LogP contribution < -0.4 is 10.0 Å². The lowest BCUT2D eigenvalue weighted by atomic mass is 10.0. The summed E-state index contributed by atoms with van der Waals surface area (Å²) in [6, 6.07) is 8.18. The monoisotopic (exact) mass is 333 g/mol. The first-order chi connectivity index (χ1) is 10.9. The minimum Gasteiger partial charge on any atom is -0.384 e. The highest BCUT2D eigenvalue weighted by Crippen LogP contribution is 2.28. The van der Waals surface area contributed by atoms with Gasteiger partial charge in [0.25, 0.3) is 0 Å². The quantitative estimate of drug-likeness (QED) is 0.882. The topological polar surface area (TPSA) is 71.1 Å². The number of para-hydroxylation sites is 1. The van der Waals surface area contributed by atoms with E-state index in [9.17, 15) is 8.42 Å². The van der Waals surface area contributed by atoms with E-state index >= 15 is 0 Å². The third-order valence-electron chi connectivity index (χ3n) is 4.55. The Kier molecular flexibility index (Phi) is 4.55. The van der Waals surface area contributed by atoms with Gasteiger partial charge in [-0.2, -0.15) is 0 Å². The van der Waals surface area contributed by atoms with Crippen molar-refractivity contribution < 1.29 is 8.42 Å². The molecule has 1 heterocycles. The molecular weight excluding hydrogens is 310 g/mol. The molecule has 0 radical (unpaired) electrons. The fourth-order valence-corrected chi connectivity index (χ4v) is 4.29. The average molecular weight is 333 g/mol. The van der Waals surface area contributed by atoms with E-state index in [-0.39, 0.29) is 6.04 Å². The first kappa shape index (κ1) is 16.2. The summed E-state index contributed by atoms with van der Waals surface area (Å²) in [5.74, 6) is 0.317. The van der Waals surface area contributed by atoms with Gasteiger partial charge in [0, 0.05) is 29.9 Å². The number of aromatic nitrogens is 1. The SMILES string of the molecule is Cc1cccc2c(NCC3CCCC3NS(C)(=O)=O)ccnc12. The van der Waals surface area contributed by atoms with Gasteiger partial charge in [-0.25, -0.2) is 13.1 Å². The number of nitrogens with zero attached hydrogens (tertiary/aromatic N) is 1. The van der Waals surface area contributed by atoms with E-state index in [1.54, 1.807) is 0 Å². The highest BCUT2D eigenvalue weighted by molar-refractivity contribution is 7.88. The van der Waals surface area contributed by atoms with Gasteiger partial charge in [-0.3, -0.25) is 4.98 Å². The van der Waals surface area contributed by atoms with E-state index in [1.807, 2.05) is 18.3 Å². The number of benzene rings is 1. The standard InChI is InChI=1S/C17H23N3O2S/c1-12-5-3-7-14-16(9-10-18-17(12)14)19-11-13-6-4-8-15(13)20-23(2,21)22/h3,5,7,9-10,13,15,20H,4,6,8,11H2,1-2H3,(H,18,19). The molecule has 1 aliphatic rings. The number of aryl methyl sites for hydroxylation is 1. The summed E-state index contributed by atoms with van der Waals surface area (Å²) in [6.45, 7) is 2.82. The first-order valence-corrected chi connectivity index (χ1v) is 9.89. The van der Waals surface area contributed by atoms with Gasteiger partial charge < -0.3 is 5.32 Å². The summed E-state index contributed by atoms with van der Waals surface area (Å²) in [5.41, 5.74) is 3.22. The Bertz CT molecular complexity index is 805. The van der Waals surface area contributed by atoms with Gasteiger partial charge >= 0.3 is 0 Å². The highest BCUT2D eigenvalue weighted by Gasteiger charge is 2.29. The Morgan fingerprint density at radius 2 is 2.09 bits per heavy atom. The second-order valence-electron chi connectivity index (χ2n) is 6.40. The van der Waals surface area contributed by atoms with Gasteiger partial charge in [-0.15, -0.1) is 0 Å². The molecule has 0 aliphatic heterocycles. The zero-order chi connectivity index (χ0) is 16.4. The lowest BCUT2D eigenvalue weighted by Gasteiger charge is -2.21. The Labute approximate surface area is 137 Å². The average Bonchev–Trinajstić information content (AvgIpc) is 2.91. The molecule has 2 unspecified atom stereocenters. The molecule has 1 aromatic carbocycles. The third kappa shape index (κ3) is 3.82. The van der Waals surface area contributed by atoms with Crippen molar-refractivity contribution in [3.05, 3.63) is 36.0 Å². The largest absolute Gasteiger partial charge is 0.384 e. The maximum absolute atomic E-state index is 11.5. The summed E-state index contributed by atoms with van der Waals surface area (Å²) >= 11 is 0. The molecule has 1 saturated carbocycles. The first-order valence-electron chi connectivity index (χ1n) is 7.99. The van der Waals surface area contributed by atoms with E-state index in [0.717, 1.165) is 48.0 Å². The molecule has 5 nitrogen and oxygen atoms in total. The van der Waals surface area contributed by atoms with Gasteiger partial charge in [-0.1, -0.05) is 24.6 Å². The molecule has 23 heavy (non-hydrogen) atoms. The smallest absolute Gasteiger partial charge is 0.208 e. The number of hydrogen-bond donors (Lipinski definition) is 2. The molecule has 1 aromatic heterocycles. The van der Waals surface area contributed by atoms with Crippen LogP contribution in [-0.4, -0.2) is 32.2 Å². The van der Waals surface area contributed by atoms with Crippen molar-refractivity contribution in [3.63, 3.8) is 0 Å². The zero-order valence-corrected chi connectivity index (χ0v) is 14.4. The number of nitrogens with one attached hydrogen (secondary N) is 2. The van der Waals surface area contributed by atoms with Crippen LogP contribution >= 0.6 is 0 Å². The second kappa shape index (κ2) is 6.45. The normalized spacial score (nSPS) is 21.7. The van der Waals surface area contributed by atoms with Crippen molar-refractivity contribution >= 4 is 26.6 Å². The number of anilines is 1. The Morgan fingerprint density at radius 3 is 2.87 bits per heavy atom. The maximum Gasteiger partial charge on any atom is 0.208 e. The van der Waals surface area contributed by atoms with Crippen LogP contribution in [0.4, 0.5) is 5.69 Å². The molecule has 2 aromatic rings. The Hall–Kier alpha value is -1.66. The molecule has 2 N–H and O–H groups in total. The maximum atomic E-state index is 11.5. The van der Waals surface area contributed by atoms with Gasteiger partial charge in [0.2, 0.25) is 10.0 Å². The molecule has 124 valence electrons. The van der Waals surface area contributed by atoms with Crippen molar-refractivity contribution in [1.82, 2.24) is 9.71 Å². The van der Waals surface area contributed by atoms with Crippen LogP contribution in [0.1, 0.15) is 24.8 Å². The van der Waals surface area contributed by atoms with E-state index in [2.05, 4.69) is 34.1 Å². The van der Waals surface area contributed by atoms with Crippen LogP contribution in [-0.2, 0) is 10.0 Å². The lowest BCUT2D eigenvalue weighted by molar-refractivity contribution is 0.464. The van der Waals surface area contributed by atoms with E-state index in [1.165, 1.54) is 6.26 Å². The van der Waals surface area contributed by atoms with Gasteiger partial charge in [-0.05, 0) is 37.3 Å². The molecule has 0 amide bonds. The molecule has 6 heteroatoms. The number of sulfonamides is 1. The van der Waals surface area contributed by atoms with Crippen LogP contribution in [0.5, 0.6) is 0 Å². The lowest BCUT2D eigenvalue weighted by Crippen LogP contribution is -2.38. The van der Waals surface area contributed by atoms with Crippen molar-refractivity contribution in [2.24, 2.45) is 5.92 Å².